The second-order valence-corrected chi connectivity index (χ2v) is 21.0. The van der Waals surface area contributed by atoms with E-state index in [2.05, 4.69) is 67.7 Å². The molecule has 0 spiro atoms. The van der Waals surface area contributed by atoms with Gasteiger partial charge in [0.15, 0.2) is 16.6 Å². The molecular weight excluding hydrogens is 416 g/mol. The van der Waals surface area contributed by atoms with Crippen LogP contribution >= 0.6 is 0 Å². The summed E-state index contributed by atoms with van der Waals surface area (Å²) < 4.78 is 18.0. The minimum Gasteiger partial charge on any atom is -0.466 e. The molecule has 8 heteroatoms. The molecule has 0 heterocycles. The summed E-state index contributed by atoms with van der Waals surface area (Å²) in [5, 5.41) is 21.4. The molecule has 0 amide bonds. The third kappa shape index (κ3) is 6.26. The van der Waals surface area contributed by atoms with Gasteiger partial charge in [-0.1, -0.05) is 47.1 Å². The highest BCUT2D eigenvalue weighted by Crippen LogP contribution is 2.44. The number of carbonyl (C=O) groups is 1. The van der Waals surface area contributed by atoms with Gasteiger partial charge in [0.05, 0.1) is 25.9 Å². The van der Waals surface area contributed by atoms with Crippen molar-refractivity contribution in [3.8, 4) is 0 Å². The Balaban J connectivity index is 3.40. The number of carbonyl (C=O) groups excluding carboxylic acids is 1. The summed E-state index contributed by atoms with van der Waals surface area (Å²) in [6.45, 7) is 21.2. The Kier molecular flexibility index (Phi) is 8.75. The SMILES string of the molecule is COC(=O)C=C1CC(O[Si](C)(C)C(C)(C)C)C(O)C(O[Si](C)(C)C(C)(C)C)C1CO. The molecule has 0 bridgehead atoms. The van der Waals surface area contributed by atoms with Crippen LogP contribution in [0.4, 0.5) is 0 Å². The molecule has 0 aromatic carbocycles. The largest absolute Gasteiger partial charge is 0.466 e. The summed E-state index contributed by atoms with van der Waals surface area (Å²) in [5.41, 5.74) is 0.710. The maximum absolute atomic E-state index is 12.0. The summed E-state index contributed by atoms with van der Waals surface area (Å²) in [4.78, 5) is 12.0. The fourth-order valence-electron chi connectivity index (χ4n) is 3.10. The minimum atomic E-state index is -2.25. The Hall–Kier alpha value is -0.516. The molecule has 30 heavy (non-hydrogen) atoms. The first-order valence-electron chi connectivity index (χ1n) is 10.8. The highest BCUT2D eigenvalue weighted by molar-refractivity contribution is 6.74. The second kappa shape index (κ2) is 9.54. The molecule has 4 unspecified atom stereocenters. The molecule has 1 saturated carbocycles. The summed E-state index contributed by atoms with van der Waals surface area (Å²) in [7, 11) is -3.10. The van der Waals surface area contributed by atoms with Crippen molar-refractivity contribution in [3.05, 3.63) is 11.6 Å². The Morgan fingerprint density at radius 1 is 1.03 bits per heavy atom. The zero-order valence-electron chi connectivity index (χ0n) is 20.8. The Morgan fingerprint density at radius 2 is 1.50 bits per heavy atom. The molecule has 0 radical (unpaired) electrons. The van der Waals surface area contributed by atoms with Crippen LogP contribution in [0.15, 0.2) is 11.6 Å². The molecule has 6 nitrogen and oxygen atoms in total. The Labute approximate surface area is 185 Å². The zero-order valence-corrected chi connectivity index (χ0v) is 22.8. The predicted molar refractivity (Wildman–Crippen MR) is 125 cm³/mol. The van der Waals surface area contributed by atoms with Gasteiger partial charge in [-0.15, -0.1) is 0 Å². The van der Waals surface area contributed by atoms with Gasteiger partial charge in [0.25, 0.3) is 0 Å². The number of hydrogen-bond donors (Lipinski definition) is 2. The van der Waals surface area contributed by atoms with E-state index in [1.807, 2.05) is 0 Å². The van der Waals surface area contributed by atoms with Gasteiger partial charge in [0.2, 0.25) is 0 Å². The number of aliphatic hydroxyl groups is 2. The van der Waals surface area contributed by atoms with E-state index in [-0.39, 0.29) is 16.7 Å². The van der Waals surface area contributed by atoms with Gasteiger partial charge in [0.1, 0.15) is 6.10 Å². The number of esters is 1. The van der Waals surface area contributed by atoms with Crippen molar-refractivity contribution in [1.82, 2.24) is 0 Å². The molecule has 1 fully saturated rings. The summed E-state index contributed by atoms with van der Waals surface area (Å²) in [5.74, 6) is -0.954. The first kappa shape index (κ1) is 27.5. The van der Waals surface area contributed by atoms with Gasteiger partial charge < -0.3 is 23.8 Å². The summed E-state index contributed by atoms with van der Waals surface area (Å²) in [6, 6.07) is 0. The molecule has 176 valence electrons. The van der Waals surface area contributed by atoms with Gasteiger partial charge in [0, 0.05) is 12.0 Å². The van der Waals surface area contributed by atoms with E-state index in [1.54, 1.807) is 0 Å². The van der Waals surface area contributed by atoms with Crippen LogP contribution in [0.3, 0.4) is 0 Å². The van der Waals surface area contributed by atoms with Crippen LogP contribution in [0.1, 0.15) is 48.0 Å². The standard InChI is InChI=1S/C22H44O6Si2/c1-21(2,3)29(8,9)27-17-12-15(13-18(24)26-7)16(14-23)20(19(17)25)28-30(10,11)22(4,5)6/h13,16-17,19-20,23,25H,12,14H2,1-11H3. The summed E-state index contributed by atoms with van der Waals surface area (Å²) in [6.07, 6.45) is -0.239. The van der Waals surface area contributed by atoms with Crippen molar-refractivity contribution in [1.29, 1.82) is 0 Å². The molecule has 4 atom stereocenters. The second-order valence-electron chi connectivity index (χ2n) is 11.5. The van der Waals surface area contributed by atoms with Crippen molar-refractivity contribution in [2.24, 2.45) is 5.92 Å². The maximum Gasteiger partial charge on any atom is 0.330 e. The average molecular weight is 461 g/mol. The van der Waals surface area contributed by atoms with E-state index in [4.69, 9.17) is 13.6 Å². The minimum absolute atomic E-state index is 0.0252. The molecule has 1 aliphatic carbocycles. The van der Waals surface area contributed by atoms with Crippen molar-refractivity contribution in [3.63, 3.8) is 0 Å². The monoisotopic (exact) mass is 460 g/mol. The normalized spacial score (nSPS) is 28.0. The van der Waals surface area contributed by atoms with Crippen LogP contribution in [-0.2, 0) is 18.4 Å². The van der Waals surface area contributed by atoms with Gasteiger partial charge >= 0.3 is 5.97 Å². The van der Waals surface area contributed by atoms with E-state index in [1.165, 1.54) is 13.2 Å². The lowest BCUT2D eigenvalue weighted by molar-refractivity contribution is -0.135. The first-order chi connectivity index (χ1) is 13.4. The van der Waals surface area contributed by atoms with E-state index < -0.39 is 46.8 Å². The maximum atomic E-state index is 12.0. The third-order valence-electron chi connectivity index (χ3n) is 7.22. The molecular formula is C22H44O6Si2. The fourth-order valence-corrected chi connectivity index (χ4v) is 5.77. The van der Waals surface area contributed by atoms with E-state index in [0.29, 0.717) is 12.0 Å². The number of methoxy groups -OCH3 is 1. The van der Waals surface area contributed by atoms with Gasteiger partial charge in [-0.3, -0.25) is 0 Å². The Bertz CT molecular complexity index is 631. The lowest BCUT2D eigenvalue weighted by Gasteiger charge is -2.49. The molecule has 2 N–H and O–H groups in total. The highest BCUT2D eigenvalue weighted by atomic mass is 28.4. The van der Waals surface area contributed by atoms with E-state index in [0.717, 1.165) is 0 Å². The van der Waals surface area contributed by atoms with Crippen molar-refractivity contribution in [2.75, 3.05) is 13.7 Å². The topological polar surface area (TPSA) is 85.2 Å². The van der Waals surface area contributed by atoms with E-state index in [9.17, 15) is 15.0 Å². The van der Waals surface area contributed by atoms with Crippen LogP contribution < -0.4 is 0 Å². The molecule has 1 aliphatic rings. The summed E-state index contributed by atoms with van der Waals surface area (Å²) >= 11 is 0. The average Bonchev–Trinajstić information content (AvgIpc) is 2.56. The number of aliphatic hydroxyl groups excluding tert-OH is 2. The number of rotatable bonds is 6. The molecule has 1 rings (SSSR count). The molecule has 0 aromatic rings. The zero-order chi connectivity index (χ0) is 23.7. The van der Waals surface area contributed by atoms with Gasteiger partial charge in [-0.25, -0.2) is 4.79 Å². The van der Waals surface area contributed by atoms with Crippen LogP contribution in [-0.4, -0.2) is 64.8 Å². The number of ether oxygens (including phenoxy) is 1. The van der Waals surface area contributed by atoms with Gasteiger partial charge in [-0.05, 0) is 42.7 Å². The van der Waals surface area contributed by atoms with Crippen molar-refractivity contribution in [2.45, 2.75) is 103 Å². The first-order valence-corrected chi connectivity index (χ1v) is 16.6. The van der Waals surface area contributed by atoms with E-state index >= 15 is 0 Å². The molecule has 0 aliphatic heterocycles. The molecule has 0 saturated heterocycles. The van der Waals surface area contributed by atoms with Crippen LogP contribution in [0, 0.1) is 5.92 Å². The lowest BCUT2D eigenvalue weighted by Crippen LogP contribution is -2.59. The van der Waals surface area contributed by atoms with Crippen LogP contribution in [0.2, 0.25) is 36.3 Å². The van der Waals surface area contributed by atoms with Crippen molar-refractivity contribution >= 4 is 22.6 Å². The van der Waals surface area contributed by atoms with Crippen LogP contribution in [0.5, 0.6) is 0 Å². The van der Waals surface area contributed by atoms with Crippen LogP contribution in [0.25, 0.3) is 0 Å². The van der Waals surface area contributed by atoms with Crippen molar-refractivity contribution < 1.29 is 28.6 Å². The highest BCUT2D eigenvalue weighted by Gasteiger charge is 2.50. The molecule has 0 aromatic heterocycles. The quantitative estimate of drug-likeness (QED) is 0.350. The predicted octanol–water partition coefficient (Wildman–Crippen LogP) is 4.24. The third-order valence-corrected chi connectivity index (χ3v) is 16.2. The Morgan fingerprint density at radius 3 is 1.90 bits per heavy atom. The lowest BCUT2D eigenvalue weighted by atomic mass is 9.79. The fraction of sp³-hybridized carbons (Fsp3) is 0.864. The number of hydrogen-bond acceptors (Lipinski definition) is 6. The van der Waals surface area contributed by atoms with Gasteiger partial charge in [-0.2, -0.15) is 0 Å². The smallest absolute Gasteiger partial charge is 0.330 e.